The van der Waals surface area contributed by atoms with Gasteiger partial charge in [-0.3, -0.25) is 4.79 Å². The largest absolute Gasteiger partial charge is 0.310 e. The van der Waals surface area contributed by atoms with Crippen LogP contribution in [-0.4, -0.2) is 25.0 Å². The molecule has 0 bridgehead atoms. The first-order valence-corrected chi connectivity index (χ1v) is 7.72. The fourth-order valence-corrected chi connectivity index (χ4v) is 3.10. The van der Waals surface area contributed by atoms with Crippen LogP contribution in [0.2, 0.25) is 5.02 Å². The maximum atomic E-state index is 12.4. The molecular formula is C14H18BrClN2O. The predicted molar refractivity (Wildman–Crippen MR) is 82.9 cm³/mol. The first kappa shape index (κ1) is 14.8. The quantitative estimate of drug-likeness (QED) is 0.905. The Kier molecular flexibility index (Phi) is 4.87. The van der Waals surface area contributed by atoms with E-state index in [0.29, 0.717) is 5.02 Å². The number of carbonyl (C=O) groups excluding carboxylic acids is 1. The highest BCUT2D eigenvalue weighted by Gasteiger charge is 2.33. The van der Waals surface area contributed by atoms with Gasteiger partial charge in [0.05, 0.1) is 11.7 Å². The van der Waals surface area contributed by atoms with E-state index >= 15 is 0 Å². The van der Waals surface area contributed by atoms with Crippen LogP contribution in [0.5, 0.6) is 0 Å². The average molecular weight is 346 g/mol. The Labute approximate surface area is 127 Å². The molecule has 3 nitrogen and oxygen atoms in total. The second-order valence-corrected chi connectivity index (χ2v) is 6.10. The summed E-state index contributed by atoms with van der Waals surface area (Å²) in [5.41, 5.74) is 1.87. The second kappa shape index (κ2) is 6.25. The molecule has 1 atom stereocenters. The number of benzene rings is 1. The molecule has 0 aromatic heterocycles. The zero-order chi connectivity index (χ0) is 14.0. The van der Waals surface area contributed by atoms with Crippen molar-refractivity contribution in [1.82, 2.24) is 5.32 Å². The van der Waals surface area contributed by atoms with Gasteiger partial charge < -0.3 is 10.2 Å². The summed E-state index contributed by atoms with van der Waals surface area (Å²) in [4.78, 5) is 14.2. The minimum Gasteiger partial charge on any atom is -0.310 e. The van der Waals surface area contributed by atoms with E-state index in [2.05, 4.69) is 28.2 Å². The number of nitrogens with zero attached hydrogens (tertiary/aromatic N) is 1. The van der Waals surface area contributed by atoms with E-state index in [4.69, 9.17) is 11.6 Å². The molecule has 19 heavy (non-hydrogen) atoms. The normalized spacial score (nSPS) is 19.3. The van der Waals surface area contributed by atoms with Crippen molar-refractivity contribution in [2.75, 3.05) is 18.0 Å². The Morgan fingerprint density at radius 3 is 2.95 bits per heavy atom. The monoisotopic (exact) mass is 344 g/mol. The topological polar surface area (TPSA) is 32.3 Å². The van der Waals surface area contributed by atoms with Crippen LogP contribution in [0, 0.1) is 6.92 Å². The van der Waals surface area contributed by atoms with Crippen molar-refractivity contribution in [1.29, 1.82) is 0 Å². The van der Waals surface area contributed by atoms with E-state index in [1.807, 2.05) is 24.0 Å². The van der Waals surface area contributed by atoms with Crippen molar-refractivity contribution in [2.24, 2.45) is 0 Å². The lowest BCUT2D eigenvalue weighted by molar-refractivity contribution is -0.118. The standard InChI is InChI=1S/C14H18BrClN2O/c1-3-5-17-12-4-6-18(14(12)19)13-8-11(16)9(2)7-10(13)15/h7-8,12,17H,3-6H2,1-2H3. The van der Waals surface area contributed by atoms with Crippen LogP contribution >= 0.6 is 27.5 Å². The van der Waals surface area contributed by atoms with Gasteiger partial charge >= 0.3 is 0 Å². The van der Waals surface area contributed by atoms with Crippen molar-refractivity contribution in [3.05, 3.63) is 27.2 Å². The van der Waals surface area contributed by atoms with Gasteiger partial charge in [-0.1, -0.05) is 18.5 Å². The summed E-state index contributed by atoms with van der Waals surface area (Å²) in [6.07, 6.45) is 1.88. The molecule has 1 aliphatic rings. The molecule has 5 heteroatoms. The smallest absolute Gasteiger partial charge is 0.244 e. The van der Waals surface area contributed by atoms with E-state index in [1.54, 1.807) is 0 Å². The number of amides is 1. The van der Waals surface area contributed by atoms with Crippen LogP contribution in [0.1, 0.15) is 25.3 Å². The Balaban J connectivity index is 2.20. The van der Waals surface area contributed by atoms with Crippen LogP contribution in [0.25, 0.3) is 0 Å². The Morgan fingerprint density at radius 1 is 1.53 bits per heavy atom. The summed E-state index contributed by atoms with van der Waals surface area (Å²) in [6, 6.07) is 3.76. The Bertz CT molecular complexity index is 493. The van der Waals surface area contributed by atoms with Crippen LogP contribution in [0.4, 0.5) is 5.69 Å². The van der Waals surface area contributed by atoms with E-state index in [-0.39, 0.29) is 11.9 Å². The van der Waals surface area contributed by atoms with E-state index in [9.17, 15) is 4.79 Å². The van der Waals surface area contributed by atoms with Crippen LogP contribution in [0.15, 0.2) is 16.6 Å². The highest BCUT2D eigenvalue weighted by Crippen LogP contribution is 2.34. The lowest BCUT2D eigenvalue weighted by Gasteiger charge is -2.19. The predicted octanol–water partition coefficient (Wildman–Crippen LogP) is 3.52. The SMILES string of the molecule is CCCNC1CCN(c2cc(Cl)c(C)cc2Br)C1=O. The highest BCUT2D eigenvalue weighted by molar-refractivity contribution is 9.10. The first-order valence-electron chi connectivity index (χ1n) is 6.55. The van der Waals surface area contributed by atoms with Crippen LogP contribution < -0.4 is 10.2 Å². The van der Waals surface area contributed by atoms with Crippen molar-refractivity contribution >= 4 is 39.1 Å². The molecule has 2 rings (SSSR count). The number of aryl methyl sites for hydroxylation is 1. The fraction of sp³-hybridized carbons (Fsp3) is 0.500. The molecule has 0 aliphatic carbocycles. The number of anilines is 1. The number of hydrogen-bond donors (Lipinski definition) is 1. The minimum absolute atomic E-state index is 0.0630. The summed E-state index contributed by atoms with van der Waals surface area (Å²) in [5.74, 6) is 0.133. The van der Waals surface area contributed by atoms with Gasteiger partial charge in [0.25, 0.3) is 0 Å². The van der Waals surface area contributed by atoms with Gasteiger partial charge in [-0.15, -0.1) is 0 Å². The number of nitrogens with one attached hydrogen (secondary N) is 1. The maximum Gasteiger partial charge on any atom is 0.244 e. The van der Waals surface area contributed by atoms with Crippen molar-refractivity contribution < 1.29 is 4.79 Å². The molecule has 1 aromatic rings. The molecule has 1 unspecified atom stereocenters. The summed E-state index contributed by atoms with van der Waals surface area (Å²) >= 11 is 9.68. The summed E-state index contributed by atoms with van der Waals surface area (Å²) in [6.45, 7) is 5.66. The zero-order valence-corrected chi connectivity index (χ0v) is 13.5. The van der Waals surface area contributed by atoms with Gasteiger partial charge in [-0.2, -0.15) is 0 Å². The molecule has 1 aliphatic heterocycles. The van der Waals surface area contributed by atoms with Gasteiger partial charge in [0, 0.05) is 16.0 Å². The third-order valence-corrected chi connectivity index (χ3v) is 4.41. The van der Waals surface area contributed by atoms with E-state index < -0.39 is 0 Å². The van der Waals surface area contributed by atoms with Crippen LogP contribution in [-0.2, 0) is 4.79 Å². The summed E-state index contributed by atoms with van der Waals surface area (Å²) < 4.78 is 0.916. The molecule has 1 amide bonds. The molecule has 104 valence electrons. The molecule has 1 fully saturated rings. The molecule has 0 spiro atoms. The third-order valence-electron chi connectivity index (χ3n) is 3.37. The Morgan fingerprint density at radius 2 is 2.26 bits per heavy atom. The molecule has 1 saturated heterocycles. The number of hydrogen-bond acceptors (Lipinski definition) is 2. The molecular weight excluding hydrogens is 328 g/mol. The zero-order valence-electron chi connectivity index (χ0n) is 11.2. The minimum atomic E-state index is -0.0630. The number of rotatable bonds is 4. The van der Waals surface area contributed by atoms with Gasteiger partial charge in [0.1, 0.15) is 0 Å². The molecule has 1 heterocycles. The lowest BCUT2D eigenvalue weighted by Crippen LogP contribution is -2.38. The van der Waals surface area contributed by atoms with Gasteiger partial charge in [0.15, 0.2) is 0 Å². The fourth-order valence-electron chi connectivity index (χ4n) is 2.27. The summed E-state index contributed by atoms with van der Waals surface area (Å²) in [5, 5.41) is 3.98. The lowest BCUT2D eigenvalue weighted by atomic mass is 10.2. The number of carbonyl (C=O) groups is 1. The van der Waals surface area contributed by atoms with Gasteiger partial charge in [-0.25, -0.2) is 0 Å². The highest BCUT2D eigenvalue weighted by atomic mass is 79.9. The van der Waals surface area contributed by atoms with Crippen LogP contribution in [0.3, 0.4) is 0 Å². The first-order chi connectivity index (χ1) is 9.04. The van der Waals surface area contributed by atoms with Gasteiger partial charge in [0.2, 0.25) is 5.91 Å². The van der Waals surface area contributed by atoms with Crippen molar-refractivity contribution in [3.63, 3.8) is 0 Å². The molecule has 1 aromatic carbocycles. The average Bonchev–Trinajstić information content (AvgIpc) is 2.73. The Hall–Kier alpha value is -0.580. The van der Waals surface area contributed by atoms with E-state index in [1.165, 1.54) is 0 Å². The third kappa shape index (κ3) is 3.12. The molecule has 0 saturated carbocycles. The maximum absolute atomic E-state index is 12.4. The molecule has 0 radical (unpaired) electrons. The number of halogens is 2. The second-order valence-electron chi connectivity index (χ2n) is 4.84. The van der Waals surface area contributed by atoms with Crippen molar-refractivity contribution in [3.8, 4) is 0 Å². The van der Waals surface area contributed by atoms with Crippen molar-refractivity contribution in [2.45, 2.75) is 32.7 Å². The summed E-state index contributed by atoms with van der Waals surface area (Å²) in [7, 11) is 0. The van der Waals surface area contributed by atoms with Gasteiger partial charge in [-0.05, 0) is 59.9 Å². The molecule has 1 N–H and O–H groups in total. The van der Waals surface area contributed by atoms with E-state index in [0.717, 1.165) is 41.7 Å².